The van der Waals surface area contributed by atoms with Gasteiger partial charge in [0.05, 0.1) is 12.2 Å². The molecule has 0 saturated heterocycles. The largest absolute Gasteiger partial charge is 0.444 e. The van der Waals surface area contributed by atoms with Crippen molar-refractivity contribution in [2.45, 2.75) is 13.5 Å². The molecule has 1 atom stereocenters. The van der Waals surface area contributed by atoms with Gasteiger partial charge in [-0.2, -0.15) is 0 Å². The number of nitrogens with one attached hydrogen (secondary N) is 2. The van der Waals surface area contributed by atoms with Crippen LogP contribution in [0.3, 0.4) is 0 Å². The summed E-state index contributed by atoms with van der Waals surface area (Å²) in [4.78, 5) is 16.1. The topological polar surface area (TPSA) is 67.2 Å². The number of amides is 1. The predicted octanol–water partition coefficient (Wildman–Crippen LogP) is 2.24. The van der Waals surface area contributed by atoms with Crippen LogP contribution in [0.15, 0.2) is 41.0 Å². The van der Waals surface area contributed by atoms with E-state index in [1.54, 1.807) is 6.26 Å². The van der Waals surface area contributed by atoms with Gasteiger partial charge in [-0.15, -0.1) is 12.4 Å². The minimum atomic E-state index is -0.0690. The van der Waals surface area contributed by atoms with Crippen LogP contribution in [0, 0.1) is 5.92 Å². The van der Waals surface area contributed by atoms with Gasteiger partial charge in [-0.25, -0.2) is 4.98 Å². The van der Waals surface area contributed by atoms with E-state index in [0.717, 1.165) is 5.56 Å². The summed E-state index contributed by atoms with van der Waals surface area (Å²) in [6.45, 7) is 2.91. The van der Waals surface area contributed by atoms with Crippen LogP contribution >= 0.6 is 12.4 Å². The molecule has 0 bridgehead atoms. The van der Waals surface area contributed by atoms with Gasteiger partial charge in [-0.3, -0.25) is 4.79 Å². The van der Waals surface area contributed by atoms with Gasteiger partial charge < -0.3 is 15.1 Å². The first kappa shape index (κ1) is 17.2. The van der Waals surface area contributed by atoms with Crippen LogP contribution in [-0.2, 0) is 11.3 Å². The number of carbonyl (C=O) groups is 1. The quantitative estimate of drug-likeness (QED) is 0.859. The highest BCUT2D eigenvalue weighted by Crippen LogP contribution is 2.17. The van der Waals surface area contributed by atoms with Crippen molar-refractivity contribution in [1.29, 1.82) is 0 Å². The van der Waals surface area contributed by atoms with Crippen molar-refractivity contribution < 1.29 is 9.21 Å². The molecule has 6 heteroatoms. The van der Waals surface area contributed by atoms with E-state index < -0.39 is 0 Å². The van der Waals surface area contributed by atoms with Gasteiger partial charge in [0.25, 0.3) is 0 Å². The Bertz CT molecular complexity index is 557. The second-order valence-corrected chi connectivity index (χ2v) is 4.69. The minimum Gasteiger partial charge on any atom is -0.444 e. The second-order valence-electron chi connectivity index (χ2n) is 4.69. The Morgan fingerprint density at radius 2 is 2.05 bits per heavy atom. The van der Waals surface area contributed by atoms with E-state index in [2.05, 4.69) is 15.6 Å². The summed E-state index contributed by atoms with van der Waals surface area (Å²) >= 11 is 0. The molecule has 0 aliphatic heterocycles. The summed E-state index contributed by atoms with van der Waals surface area (Å²) in [7, 11) is 1.83. The fourth-order valence-electron chi connectivity index (χ4n) is 1.85. The normalized spacial score (nSPS) is 11.5. The van der Waals surface area contributed by atoms with E-state index in [4.69, 9.17) is 4.42 Å². The van der Waals surface area contributed by atoms with E-state index in [-0.39, 0.29) is 24.2 Å². The number of nitrogens with zero attached hydrogens (tertiary/aromatic N) is 1. The summed E-state index contributed by atoms with van der Waals surface area (Å²) < 4.78 is 5.42. The van der Waals surface area contributed by atoms with Gasteiger partial charge in [0.2, 0.25) is 11.8 Å². The van der Waals surface area contributed by atoms with Crippen molar-refractivity contribution >= 4 is 18.3 Å². The first-order valence-electron chi connectivity index (χ1n) is 6.63. The van der Waals surface area contributed by atoms with Gasteiger partial charge in [-0.05, 0) is 19.2 Å². The SMILES string of the molecule is CNCC(C)C(=O)NCc1coc(-c2ccccc2)n1.Cl. The molecule has 0 aliphatic rings. The Hall–Kier alpha value is -1.85. The number of oxazole rings is 1. The molecule has 1 unspecified atom stereocenters. The molecule has 0 spiro atoms. The zero-order chi connectivity index (χ0) is 14.4. The first-order chi connectivity index (χ1) is 9.70. The van der Waals surface area contributed by atoms with Crippen molar-refractivity contribution in [3.05, 3.63) is 42.3 Å². The van der Waals surface area contributed by atoms with Crippen LogP contribution in [-0.4, -0.2) is 24.5 Å². The lowest BCUT2D eigenvalue weighted by molar-refractivity contribution is -0.124. The number of halogens is 1. The Morgan fingerprint density at radius 1 is 1.33 bits per heavy atom. The average molecular weight is 310 g/mol. The van der Waals surface area contributed by atoms with Crippen LogP contribution in [0.4, 0.5) is 0 Å². The number of carbonyl (C=O) groups excluding carboxylic acids is 1. The van der Waals surface area contributed by atoms with Crippen molar-refractivity contribution in [2.24, 2.45) is 5.92 Å². The van der Waals surface area contributed by atoms with Crippen LogP contribution < -0.4 is 10.6 Å². The molecule has 2 N–H and O–H groups in total. The van der Waals surface area contributed by atoms with Crippen molar-refractivity contribution in [3.63, 3.8) is 0 Å². The number of benzene rings is 1. The number of hydrogen-bond donors (Lipinski definition) is 2. The van der Waals surface area contributed by atoms with E-state index in [0.29, 0.717) is 24.7 Å². The van der Waals surface area contributed by atoms with Gasteiger partial charge in [-0.1, -0.05) is 25.1 Å². The second kappa shape index (κ2) is 8.44. The summed E-state index contributed by atoms with van der Waals surface area (Å²) in [6.07, 6.45) is 1.57. The minimum absolute atomic E-state index is 0. The van der Waals surface area contributed by atoms with Crippen LogP contribution in [0.1, 0.15) is 12.6 Å². The monoisotopic (exact) mass is 309 g/mol. The molecule has 1 aromatic heterocycles. The van der Waals surface area contributed by atoms with Crippen molar-refractivity contribution in [3.8, 4) is 11.5 Å². The highest BCUT2D eigenvalue weighted by Gasteiger charge is 2.12. The lowest BCUT2D eigenvalue weighted by Gasteiger charge is -2.10. The molecule has 5 nitrogen and oxygen atoms in total. The summed E-state index contributed by atoms with van der Waals surface area (Å²) in [5.41, 5.74) is 1.64. The third-order valence-corrected chi connectivity index (χ3v) is 2.97. The molecule has 0 radical (unpaired) electrons. The molecule has 21 heavy (non-hydrogen) atoms. The smallest absolute Gasteiger partial charge is 0.226 e. The van der Waals surface area contributed by atoms with Crippen LogP contribution in [0.2, 0.25) is 0 Å². The molecule has 1 amide bonds. The Morgan fingerprint density at radius 3 is 2.71 bits per heavy atom. The van der Waals surface area contributed by atoms with Crippen molar-refractivity contribution in [2.75, 3.05) is 13.6 Å². The van der Waals surface area contributed by atoms with Gasteiger partial charge in [0.1, 0.15) is 6.26 Å². The Labute approximate surface area is 130 Å². The van der Waals surface area contributed by atoms with E-state index in [1.165, 1.54) is 0 Å². The zero-order valence-electron chi connectivity index (χ0n) is 12.1. The zero-order valence-corrected chi connectivity index (χ0v) is 12.9. The van der Waals surface area contributed by atoms with E-state index in [9.17, 15) is 4.79 Å². The first-order valence-corrected chi connectivity index (χ1v) is 6.63. The number of rotatable bonds is 6. The lowest BCUT2D eigenvalue weighted by Crippen LogP contribution is -2.33. The van der Waals surface area contributed by atoms with E-state index >= 15 is 0 Å². The third kappa shape index (κ3) is 4.88. The van der Waals surface area contributed by atoms with Gasteiger partial charge in [0.15, 0.2) is 0 Å². The van der Waals surface area contributed by atoms with Gasteiger partial charge in [0, 0.05) is 18.0 Å². The maximum Gasteiger partial charge on any atom is 0.226 e. The molecule has 1 aromatic carbocycles. The maximum atomic E-state index is 11.8. The molecule has 2 aromatic rings. The molecular weight excluding hydrogens is 290 g/mol. The third-order valence-electron chi connectivity index (χ3n) is 2.97. The Balaban J connectivity index is 0.00000220. The number of aromatic nitrogens is 1. The molecule has 114 valence electrons. The highest BCUT2D eigenvalue weighted by atomic mass is 35.5. The van der Waals surface area contributed by atoms with Crippen molar-refractivity contribution in [1.82, 2.24) is 15.6 Å². The van der Waals surface area contributed by atoms with Crippen LogP contribution in [0.25, 0.3) is 11.5 Å². The predicted molar refractivity (Wildman–Crippen MR) is 84.1 cm³/mol. The maximum absolute atomic E-state index is 11.8. The average Bonchev–Trinajstić information content (AvgIpc) is 2.95. The summed E-state index contributed by atoms with van der Waals surface area (Å²) in [6, 6.07) is 9.67. The molecular formula is C15H20ClN3O2. The Kier molecular flexibility index (Phi) is 6.91. The molecule has 2 rings (SSSR count). The van der Waals surface area contributed by atoms with Crippen LogP contribution in [0.5, 0.6) is 0 Å². The highest BCUT2D eigenvalue weighted by molar-refractivity contribution is 5.85. The molecule has 1 heterocycles. The summed E-state index contributed by atoms with van der Waals surface area (Å²) in [5, 5.41) is 5.82. The molecule has 0 saturated carbocycles. The summed E-state index contributed by atoms with van der Waals surface area (Å²) in [5.74, 6) is 0.502. The molecule has 0 fully saturated rings. The fraction of sp³-hybridized carbons (Fsp3) is 0.333. The lowest BCUT2D eigenvalue weighted by atomic mass is 10.1. The fourth-order valence-corrected chi connectivity index (χ4v) is 1.85. The molecule has 0 aliphatic carbocycles. The van der Waals surface area contributed by atoms with Gasteiger partial charge >= 0.3 is 0 Å². The van der Waals surface area contributed by atoms with E-state index in [1.807, 2.05) is 44.3 Å². The number of hydrogen-bond acceptors (Lipinski definition) is 4. The standard InChI is InChI=1S/C15H19N3O2.ClH/c1-11(8-16-2)14(19)17-9-13-10-20-15(18-13)12-6-4-3-5-7-12;/h3-7,10-11,16H,8-9H2,1-2H3,(H,17,19);1H.